The Bertz CT molecular complexity index is 96.3. The summed E-state index contributed by atoms with van der Waals surface area (Å²) < 4.78 is 0. The molecule has 0 atom stereocenters. The summed E-state index contributed by atoms with van der Waals surface area (Å²) in [6, 6.07) is 0. The molecule has 0 aromatic heterocycles. The minimum absolute atomic E-state index is 0.969. The second kappa shape index (κ2) is 1.66. The van der Waals surface area contributed by atoms with Gasteiger partial charge in [0.1, 0.15) is 0 Å². The van der Waals surface area contributed by atoms with Crippen molar-refractivity contribution in [2.45, 2.75) is 0 Å². The molecule has 0 bridgehead atoms. The van der Waals surface area contributed by atoms with Crippen molar-refractivity contribution in [2.75, 3.05) is 0 Å². The van der Waals surface area contributed by atoms with Gasteiger partial charge in [-0.2, -0.15) is 0 Å². The summed E-state index contributed by atoms with van der Waals surface area (Å²) >= 11 is 0. The summed E-state index contributed by atoms with van der Waals surface area (Å²) in [4.78, 5) is 0. The molecular formula is C4H6N2O. The van der Waals surface area contributed by atoms with Gasteiger partial charge in [0.15, 0.2) is 0 Å². The van der Waals surface area contributed by atoms with Crippen molar-refractivity contribution in [3.8, 4) is 0 Å². The molecule has 7 heavy (non-hydrogen) atoms. The van der Waals surface area contributed by atoms with E-state index < -0.39 is 0 Å². The fraction of sp³-hybridized carbons (Fsp3) is 0. The lowest BCUT2D eigenvalue weighted by Crippen LogP contribution is -2.10. The number of hydroxylamine groups is 2. The summed E-state index contributed by atoms with van der Waals surface area (Å²) in [6.45, 7) is 0. The summed E-state index contributed by atoms with van der Waals surface area (Å²) in [5, 5.41) is 12.2. The van der Waals surface area contributed by atoms with E-state index >= 15 is 0 Å². The van der Waals surface area contributed by atoms with E-state index in [-0.39, 0.29) is 0 Å². The van der Waals surface area contributed by atoms with Crippen LogP contribution < -0.4 is 5.32 Å². The zero-order valence-corrected chi connectivity index (χ0v) is 3.70. The van der Waals surface area contributed by atoms with Gasteiger partial charge in [-0.1, -0.05) is 0 Å². The van der Waals surface area contributed by atoms with Crippen LogP contribution >= 0.6 is 0 Å². The predicted molar refractivity (Wildman–Crippen MR) is 25.0 cm³/mol. The molecule has 0 saturated heterocycles. The van der Waals surface area contributed by atoms with Gasteiger partial charge in [-0.05, 0) is 0 Å². The Kier molecular flexibility index (Phi) is 0.997. The van der Waals surface area contributed by atoms with E-state index in [1.165, 1.54) is 12.4 Å². The third kappa shape index (κ3) is 0.940. The third-order valence-electron chi connectivity index (χ3n) is 0.647. The van der Waals surface area contributed by atoms with Gasteiger partial charge in [0, 0.05) is 24.8 Å². The van der Waals surface area contributed by atoms with Crippen LogP contribution in [0.1, 0.15) is 0 Å². The Labute approximate surface area is 41.5 Å². The SMILES string of the molecule is ON1C=CNC=C1. The summed E-state index contributed by atoms with van der Waals surface area (Å²) in [7, 11) is 0. The van der Waals surface area contributed by atoms with Gasteiger partial charge in [-0.15, -0.1) is 0 Å². The highest BCUT2D eigenvalue weighted by molar-refractivity contribution is 4.94. The number of nitrogens with one attached hydrogen (secondary N) is 1. The molecule has 0 aliphatic carbocycles. The smallest absolute Gasteiger partial charge is 0.0485 e. The van der Waals surface area contributed by atoms with Crippen LogP contribution in [-0.2, 0) is 0 Å². The van der Waals surface area contributed by atoms with E-state index in [1.807, 2.05) is 0 Å². The van der Waals surface area contributed by atoms with Crippen molar-refractivity contribution >= 4 is 0 Å². The van der Waals surface area contributed by atoms with Gasteiger partial charge in [0.05, 0.1) is 0 Å². The van der Waals surface area contributed by atoms with Crippen LogP contribution in [0.25, 0.3) is 0 Å². The molecule has 0 aromatic rings. The van der Waals surface area contributed by atoms with E-state index in [9.17, 15) is 0 Å². The summed E-state index contributed by atoms with van der Waals surface area (Å²) in [5.41, 5.74) is 0. The topological polar surface area (TPSA) is 35.5 Å². The van der Waals surface area contributed by atoms with Crippen molar-refractivity contribution in [3.63, 3.8) is 0 Å². The minimum Gasteiger partial charge on any atom is -0.365 e. The van der Waals surface area contributed by atoms with Crippen LogP contribution in [0.3, 0.4) is 0 Å². The normalized spacial score (nSPS) is 17.0. The Morgan fingerprint density at radius 3 is 2.14 bits per heavy atom. The Morgan fingerprint density at radius 2 is 1.86 bits per heavy atom. The molecule has 1 aliphatic rings. The highest BCUT2D eigenvalue weighted by Crippen LogP contribution is 1.86. The van der Waals surface area contributed by atoms with Crippen LogP contribution in [-0.4, -0.2) is 10.3 Å². The monoisotopic (exact) mass is 98.0 g/mol. The van der Waals surface area contributed by atoms with Crippen LogP contribution in [0.4, 0.5) is 0 Å². The molecule has 0 unspecified atom stereocenters. The fourth-order valence-electron chi connectivity index (χ4n) is 0.344. The van der Waals surface area contributed by atoms with Gasteiger partial charge in [0.2, 0.25) is 0 Å². The molecule has 38 valence electrons. The molecule has 0 aromatic carbocycles. The van der Waals surface area contributed by atoms with Crippen LogP contribution in [0.5, 0.6) is 0 Å². The molecule has 0 amide bonds. The number of nitrogens with zero attached hydrogens (tertiary/aromatic N) is 1. The van der Waals surface area contributed by atoms with Gasteiger partial charge in [-0.3, -0.25) is 5.21 Å². The van der Waals surface area contributed by atoms with Crippen molar-refractivity contribution < 1.29 is 5.21 Å². The molecule has 3 nitrogen and oxygen atoms in total. The minimum atomic E-state index is 0.969. The van der Waals surface area contributed by atoms with Crippen LogP contribution in [0.15, 0.2) is 24.8 Å². The van der Waals surface area contributed by atoms with E-state index in [0.29, 0.717) is 0 Å². The van der Waals surface area contributed by atoms with E-state index in [1.54, 1.807) is 12.4 Å². The van der Waals surface area contributed by atoms with Gasteiger partial charge in [-0.25, -0.2) is 5.06 Å². The lowest BCUT2D eigenvalue weighted by Gasteiger charge is -2.07. The zero-order valence-electron chi connectivity index (χ0n) is 3.70. The average Bonchev–Trinajstić information content (AvgIpc) is 1.69. The van der Waals surface area contributed by atoms with Gasteiger partial charge < -0.3 is 5.32 Å². The number of hydrogen-bond donors (Lipinski definition) is 2. The van der Waals surface area contributed by atoms with Crippen LogP contribution in [0, 0.1) is 0 Å². The lowest BCUT2D eigenvalue weighted by atomic mass is 10.7. The fourth-order valence-corrected chi connectivity index (χ4v) is 0.344. The van der Waals surface area contributed by atoms with Crippen molar-refractivity contribution in [3.05, 3.63) is 24.8 Å². The molecular weight excluding hydrogens is 92.1 g/mol. The second-order valence-corrected chi connectivity index (χ2v) is 1.18. The van der Waals surface area contributed by atoms with Crippen molar-refractivity contribution in [1.82, 2.24) is 10.4 Å². The van der Waals surface area contributed by atoms with Gasteiger partial charge in [0.25, 0.3) is 0 Å². The highest BCUT2D eigenvalue weighted by atomic mass is 16.5. The molecule has 1 aliphatic heterocycles. The van der Waals surface area contributed by atoms with E-state index in [4.69, 9.17) is 5.21 Å². The maximum absolute atomic E-state index is 8.53. The van der Waals surface area contributed by atoms with Crippen molar-refractivity contribution in [1.29, 1.82) is 0 Å². The van der Waals surface area contributed by atoms with Crippen molar-refractivity contribution in [2.24, 2.45) is 0 Å². The Hall–Kier alpha value is -0.960. The standard InChI is InChI=1S/C4H6N2O/c7-6-3-1-5-2-4-6/h1-5,7H. The Balaban J connectivity index is 2.49. The number of hydrogen-bond acceptors (Lipinski definition) is 3. The first kappa shape index (κ1) is 4.21. The first-order valence-electron chi connectivity index (χ1n) is 1.96. The maximum Gasteiger partial charge on any atom is 0.0485 e. The zero-order chi connectivity index (χ0) is 5.11. The van der Waals surface area contributed by atoms with Gasteiger partial charge >= 0.3 is 0 Å². The quantitative estimate of drug-likeness (QED) is 0.455. The molecule has 0 fully saturated rings. The largest absolute Gasteiger partial charge is 0.365 e. The first-order valence-corrected chi connectivity index (χ1v) is 1.96. The molecule has 3 heteroatoms. The third-order valence-corrected chi connectivity index (χ3v) is 0.647. The lowest BCUT2D eigenvalue weighted by molar-refractivity contribution is 0.00905. The summed E-state index contributed by atoms with van der Waals surface area (Å²) in [5.74, 6) is 0. The van der Waals surface area contributed by atoms with Crippen LogP contribution in [0.2, 0.25) is 0 Å². The predicted octanol–water partition coefficient (Wildman–Crippen LogP) is 0.223. The second-order valence-electron chi connectivity index (χ2n) is 1.18. The molecule has 1 heterocycles. The first-order chi connectivity index (χ1) is 3.39. The van der Waals surface area contributed by atoms with E-state index in [0.717, 1.165) is 5.06 Å². The Morgan fingerprint density at radius 1 is 1.29 bits per heavy atom. The summed E-state index contributed by atoms with van der Waals surface area (Å²) in [6.07, 6.45) is 6.25. The van der Waals surface area contributed by atoms with E-state index in [2.05, 4.69) is 5.32 Å². The molecule has 0 radical (unpaired) electrons. The number of rotatable bonds is 0. The maximum atomic E-state index is 8.53. The highest BCUT2D eigenvalue weighted by Gasteiger charge is 1.84. The molecule has 1 rings (SSSR count). The molecule has 2 N–H and O–H groups in total. The molecule has 0 saturated carbocycles. The average molecular weight is 98.1 g/mol. The molecule has 0 spiro atoms.